The zero-order valence-electron chi connectivity index (χ0n) is 17.8. The molecule has 160 valence electrons. The number of carbonyl (C=O) groups is 1. The van der Waals surface area contributed by atoms with Gasteiger partial charge in [0.25, 0.3) is 0 Å². The molecule has 1 fully saturated rings. The standard InChI is InChI=1S/C27H30N2O2/c30-27(20-25(22-10-4-1-5-11-22)23-12-6-2-7-13-23)28-21-26(24-14-8-3-9-15-24)29-16-18-31-19-17-29/h1-15,25-26H,16-21H2,(H,28,30). The molecule has 1 saturated heterocycles. The van der Waals surface area contributed by atoms with E-state index in [-0.39, 0.29) is 17.9 Å². The Hall–Kier alpha value is -2.95. The van der Waals surface area contributed by atoms with Crippen LogP contribution in [-0.2, 0) is 9.53 Å². The fraction of sp³-hybridized carbons (Fsp3) is 0.296. The topological polar surface area (TPSA) is 41.6 Å². The molecule has 0 aliphatic carbocycles. The van der Waals surface area contributed by atoms with Crippen LogP contribution in [0.25, 0.3) is 0 Å². The molecule has 3 aromatic carbocycles. The van der Waals surface area contributed by atoms with E-state index in [1.54, 1.807) is 0 Å². The minimum absolute atomic E-state index is 0.0426. The lowest BCUT2D eigenvalue weighted by molar-refractivity contribution is -0.121. The van der Waals surface area contributed by atoms with Crippen LogP contribution in [0.15, 0.2) is 91.0 Å². The van der Waals surface area contributed by atoms with E-state index in [1.165, 1.54) is 5.56 Å². The summed E-state index contributed by atoms with van der Waals surface area (Å²) in [5, 5.41) is 3.23. The van der Waals surface area contributed by atoms with Crippen LogP contribution in [0, 0.1) is 0 Å². The van der Waals surface area contributed by atoms with E-state index < -0.39 is 0 Å². The van der Waals surface area contributed by atoms with Crippen LogP contribution in [0.1, 0.15) is 35.1 Å². The second kappa shape index (κ2) is 10.9. The van der Waals surface area contributed by atoms with E-state index in [0.29, 0.717) is 13.0 Å². The number of nitrogens with zero attached hydrogens (tertiary/aromatic N) is 1. The molecule has 0 bridgehead atoms. The number of hydrogen-bond donors (Lipinski definition) is 1. The third-order valence-electron chi connectivity index (χ3n) is 5.96. The predicted molar refractivity (Wildman–Crippen MR) is 124 cm³/mol. The summed E-state index contributed by atoms with van der Waals surface area (Å²) >= 11 is 0. The molecule has 1 aliphatic heterocycles. The maximum atomic E-state index is 13.1. The first-order valence-electron chi connectivity index (χ1n) is 11.0. The molecule has 4 heteroatoms. The van der Waals surface area contributed by atoms with E-state index in [9.17, 15) is 4.79 Å². The Morgan fingerprint density at radius 1 is 0.774 bits per heavy atom. The normalized spacial score (nSPS) is 15.5. The van der Waals surface area contributed by atoms with Crippen LogP contribution in [0.3, 0.4) is 0 Å². The van der Waals surface area contributed by atoms with Gasteiger partial charge in [-0.25, -0.2) is 0 Å². The van der Waals surface area contributed by atoms with E-state index in [1.807, 2.05) is 42.5 Å². The van der Waals surface area contributed by atoms with Gasteiger partial charge in [0.2, 0.25) is 5.91 Å². The van der Waals surface area contributed by atoms with Gasteiger partial charge in [-0.05, 0) is 16.7 Å². The predicted octanol–water partition coefficient (Wildman–Crippen LogP) is 4.40. The molecule has 4 nitrogen and oxygen atoms in total. The number of morpholine rings is 1. The molecule has 4 rings (SSSR count). The van der Waals surface area contributed by atoms with Crippen LogP contribution >= 0.6 is 0 Å². The van der Waals surface area contributed by atoms with Crippen molar-refractivity contribution in [2.24, 2.45) is 0 Å². The fourth-order valence-corrected chi connectivity index (χ4v) is 4.29. The highest BCUT2D eigenvalue weighted by molar-refractivity contribution is 5.77. The van der Waals surface area contributed by atoms with Crippen molar-refractivity contribution in [1.82, 2.24) is 10.2 Å². The van der Waals surface area contributed by atoms with Gasteiger partial charge in [-0.1, -0.05) is 91.0 Å². The average molecular weight is 415 g/mol. The van der Waals surface area contributed by atoms with Crippen LogP contribution in [-0.4, -0.2) is 43.7 Å². The maximum Gasteiger partial charge on any atom is 0.221 e. The molecule has 3 aromatic rings. The Morgan fingerprint density at radius 3 is 1.77 bits per heavy atom. The third-order valence-corrected chi connectivity index (χ3v) is 5.96. The molecule has 1 N–H and O–H groups in total. The van der Waals surface area contributed by atoms with Gasteiger partial charge in [-0.3, -0.25) is 9.69 Å². The summed E-state index contributed by atoms with van der Waals surface area (Å²) in [5.41, 5.74) is 3.56. The number of hydrogen-bond acceptors (Lipinski definition) is 3. The van der Waals surface area contributed by atoms with E-state index in [2.05, 4.69) is 58.7 Å². The number of ether oxygens (including phenoxy) is 1. The molecule has 0 aromatic heterocycles. The first kappa shape index (κ1) is 21.3. The molecule has 0 saturated carbocycles. The van der Waals surface area contributed by atoms with Crippen molar-refractivity contribution in [1.29, 1.82) is 0 Å². The summed E-state index contributed by atoms with van der Waals surface area (Å²) in [7, 11) is 0. The summed E-state index contributed by atoms with van der Waals surface area (Å²) in [6.07, 6.45) is 0.429. The minimum Gasteiger partial charge on any atom is -0.379 e. The number of rotatable bonds is 8. The van der Waals surface area contributed by atoms with Gasteiger partial charge in [-0.2, -0.15) is 0 Å². The molecular formula is C27H30N2O2. The van der Waals surface area contributed by atoms with Crippen LogP contribution in [0.2, 0.25) is 0 Å². The van der Waals surface area contributed by atoms with Crippen LogP contribution < -0.4 is 5.32 Å². The largest absolute Gasteiger partial charge is 0.379 e. The molecule has 1 atom stereocenters. The summed E-state index contributed by atoms with van der Waals surface area (Å²) in [6, 6.07) is 31.2. The Bertz CT molecular complexity index is 886. The molecular weight excluding hydrogens is 384 g/mol. The van der Waals surface area contributed by atoms with Crippen molar-refractivity contribution in [2.45, 2.75) is 18.4 Å². The second-order valence-electron chi connectivity index (χ2n) is 7.96. The highest BCUT2D eigenvalue weighted by Crippen LogP contribution is 2.28. The van der Waals surface area contributed by atoms with Crippen molar-refractivity contribution in [3.63, 3.8) is 0 Å². The molecule has 0 spiro atoms. The average Bonchev–Trinajstić information content (AvgIpc) is 2.85. The molecule has 0 radical (unpaired) electrons. The van der Waals surface area contributed by atoms with E-state index in [4.69, 9.17) is 4.74 Å². The zero-order chi connectivity index (χ0) is 21.3. The van der Waals surface area contributed by atoms with E-state index >= 15 is 0 Å². The first-order chi connectivity index (χ1) is 15.3. The first-order valence-corrected chi connectivity index (χ1v) is 11.0. The van der Waals surface area contributed by atoms with Crippen LogP contribution in [0.5, 0.6) is 0 Å². The number of carbonyl (C=O) groups excluding carboxylic acids is 1. The Labute approximate surface area is 184 Å². The van der Waals surface area contributed by atoms with Gasteiger partial charge in [0.15, 0.2) is 0 Å². The molecule has 1 unspecified atom stereocenters. The summed E-state index contributed by atoms with van der Waals surface area (Å²) in [5.74, 6) is 0.118. The number of amides is 1. The fourth-order valence-electron chi connectivity index (χ4n) is 4.29. The van der Waals surface area contributed by atoms with Gasteiger partial charge in [-0.15, -0.1) is 0 Å². The minimum atomic E-state index is 0.0426. The summed E-state index contributed by atoms with van der Waals surface area (Å²) in [4.78, 5) is 15.5. The van der Waals surface area contributed by atoms with Crippen molar-refractivity contribution in [2.75, 3.05) is 32.8 Å². The smallest absolute Gasteiger partial charge is 0.221 e. The Morgan fingerprint density at radius 2 is 1.26 bits per heavy atom. The van der Waals surface area contributed by atoms with Gasteiger partial charge >= 0.3 is 0 Å². The molecule has 31 heavy (non-hydrogen) atoms. The highest BCUT2D eigenvalue weighted by Gasteiger charge is 2.24. The van der Waals surface area contributed by atoms with Gasteiger partial charge in [0.05, 0.1) is 19.3 Å². The Balaban J connectivity index is 1.46. The quantitative estimate of drug-likeness (QED) is 0.594. The van der Waals surface area contributed by atoms with Crippen LogP contribution in [0.4, 0.5) is 0 Å². The van der Waals surface area contributed by atoms with Crippen molar-refractivity contribution >= 4 is 5.91 Å². The van der Waals surface area contributed by atoms with Crippen molar-refractivity contribution in [3.05, 3.63) is 108 Å². The Kier molecular flexibility index (Phi) is 7.48. The maximum absolute atomic E-state index is 13.1. The summed E-state index contributed by atoms with van der Waals surface area (Å²) < 4.78 is 5.53. The monoisotopic (exact) mass is 414 g/mol. The van der Waals surface area contributed by atoms with E-state index in [0.717, 1.165) is 37.4 Å². The number of nitrogens with one attached hydrogen (secondary N) is 1. The van der Waals surface area contributed by atoms with Crippen molar-refractivity contribution < 1.29 is 9.53 Å². The third kappa shape index (κ3) is 5.81. The zero-order valence-corrected chi connectivity index (χ0v) is 17.8. The lowest BCUT2D eigenvalue weighted by Gasteiger charge is -2.35. The molecule has 1 aliphatic rings. The molecule has 1 heterocycles. The van der Waals surface area contributed by atoms with Gasteiger partial charge in [0, 0.05) is 32.0 Å². The summed E-state index contributed by atoms with van der Waals surface area (Å²) in [6.45, 7) is 3.83. The SMILES string of the molecule is O=C(CC(c1ccccc1)c1ccccc1)NCC(c1ccccc1)N1CCOCC1. The number of benzene rings is 3. The second-order valence-corrected chi connectivity index (χ2v) is 7.96. The lowest BCUT2D eigenvalue weighted by atomic mass is 9.88. The molecule has 1 amide bonds. The van der Waals surface area contributed by atoms with Gasteiger partial charge < -0.3 is 10.1 Å². The highest BCUT2D eigenvalue weighted by atomic mass is 16.5. The van der Waals surface area contributed by atoms with Gasteiger partial charge in [0.1, 0.15) is 0 Å². The van der Waals surface area contributed by atoms with Crippen molar-refractivity contribution in [3.8, 4) is 0 Å². The lowest BCUT2D eigenvalue weighted by Crippen LogP contribution is -2.44.